The van der Waals surface area contributed by atoms with Crippen LogP contribution in [0.15, 0.2) is 48.9 Å². The van der Waals surface area contributed by atoms with Gasteiger partial charge in [0.2, 0.25) is 0 Å². The van der Waals surface area contributed by atoms with E-state index in [1.54, 1.807) is 6.20 Å². The Hall–Kier alpha value is -1.18. The molecular weight excluding hydrogens is 227 g/mol. The Labute approximate surface area is 83.2 Å². The molecule has 2 rings (SSSR count). The number of nitrogens with zero attached hydrogens (tertiary/aromatic N) is 2. The van der Waals surface area contributed by atoms with E-state index in [0.717, 1.165) is 4.59 Å². The van der Waals surface area contributed by atoms with E-state index in [9.17, 15) is 0 Å². The molecule has 0 saturated heterocycles. The fraction of sp³-hybridized carbons (Fsp3) is 0. The van der Waals surface area contributed by atoms with Crippen LogP contribution in [-0.2, 0) is 0 Å². The molecule has 2 aromatic rings. The quantitative estimate of drug-likeness (QED) is 0.691. The first-order valence-corrected chi connectivity index (χ1v) is 5.65. The molecule has 2 aromatic heterocycles. The number of hydrogen-bond acceptors (Lipinski definition) is 2. The van der Waals surface area contributed by atoms with E-state index in [-0.39, 0.29) is 15.0 Å². The molecule has 2 heterocycles. The van der Waals surface area contributed by atoms with Crippen molar-refractivity contribution in [2.75, 3.05) is 0 Å². The summed E-state index contributed by atoms with van der Waals surface area (Å²) < 4.78 is 2.40. The van der Waals surface area contributed by atoms with Gasteiger partial charge in [0.05, 0.1) is 0 Å². The third-order valence-electron chi connectivity index (χ3n) is 1.49. The van der Waals surface area contributed by atoms with Crippen molar-refractivity contribution in [1.29, 1.82) is 0 Å². The van der Waals surface area contributed by atoms with Gasteiger partial charge in [-0.05, 0) is 0 Å². The maximum absolute atomic E-state index is 4.27. The zero-order valence-corrected chi connectivity index (χ0v) is 8.63. The van der Waals surface area contributed by atoms with Gasteiger partial charge in [0.1, 0.15) is 0 Å². The Morgan fingerprint density at radius 3 is 2.69 bits per heavy atom. The van der Waals surface area contributed by atoms with Gasteiger partial charge < -0.3 is 0 Å². The second-order valence-corrected chi connectivity index (χ2v) is 4.75. The average molecular weight is 235 g/mol. The van der Waals surface area contributed by atoms with Crippen molar-refractivity contribution < 1.29 is 0 Å². The van der Waals surface area contributed by atoms with Crippen LogP contribution < -0.4 is 9.05 Å². The zero-order chi connectivity index (χ0) is 8.93. The predicted molar refractivity (Wildman–Crippen MR) is 53.5 cm³/mol. The molecule has 0 N–H and O–H groups in total. The molecule has 0 aliphatic heterocycles. The number of aromatic nitrogens is 2. The number of rotatable bonds is 2. The monoisotopic (exact) mass is 236 g/mol. The molecule has 2 nitrogen and oxygen atoms in total. The minimum atomic E-state index is 0.287. The third-order valence-corrected chi connectivity index (χ3v) is 3.44. The van der Waals surface area contributed by atoms with Crippen LogP contribution in [0.25, 0.3) is 0 Å². The second-order valence-electron chi connectivity index (χ2n) is 2.46. The fourth-order valence-electron chi connectivity index (χ4n) is 0.936. The Balaban J connectivity index is 2.16. The van der Waals surface area contributed by atoms with Gasteiger partial charge in [0, 0.05) is 0 Å². The molecule has 0 aliphatic rings. The van der Waals surface area contributed by atoms with Crippen LogP contribution in [0.3, 0.4) is 0 Å². The predicted octanol–water partition coefficient (Wildman–Crippen LogP) is 0.132. The van der Waals surface area contributed by atoms with Gasteiger partial charge in [-0.1, -0.05) is 0 Å². The molecule has 0 aromatic carbocycles. The molecular formula is C10H8N2Se. The van der Waals surface area contributed by atoms with Crippen LogP contribution in [-0.4, -0.2) is 24.9 Å². The normalized spacial score (nSPS) is 9.85. The van der Waals surface area contributed by atoms with Gasteiger partial charge in [-0.3, -0.25) is 0 Å². The van der Waals surface area contributed by atoms with E-state index in [4.69, 9.17) is 0 Å². The van der Waals surface area contributed by atoms with Gasteiger partial charge in [-0.25, -0.2) is 0 Å². The van der Waals surface area contributed by atoms with Gasteiger partial charge in [-0.15, -0.1) is 0 Å². The Bertz CT molecular complexity index is 324. The summed E-state index contributed by atoms with van der Waals surface area (Å²) in [7, 11) is 0. The van der Waals surface area contributed by atoms with Crippen molar-refractivity contribution in [1.82, 2.24) is 9.97 Å². The topological polar surface area (TPSA) is 25.8 Å². The first-order chi connectivity index (χ1) is 6.45. The van der Waals surface area contributed by atoms with Crippen LogP contribution in [0, 0.1) is 0 Å². The summed E-state index contributed by atoms with van der Waals surface area (Å²) in [5, 5.41) is 0. The van der Waals surface area contributed by atoms with Crippen LogP contribution >= 0.6 is 0 Å². The van der Waals surface area contributed by atoms with Crippen molar-refractivity contribution in [3.05, 3.63) is 48.9 Å². The average Bonchev–Trinajstić information content (AvgIpc) is 2.21. The summed E-state index contributed by atoms with van der Waals surface area (Å²) in [6.07, 6.45) is 5.51. The molecule has 0 bridgehead atoms. The SMILES string of the molecule is c1ccc([Se]c2cccnc2)nc1. The van der Waals surface area contributed by atoms with Gasteiger partial charge >= 0.3 is 82.9 Å². The second kappa shape index (κ2) is 4.17. The van der Waals surface area contributed by atoms with Gasteiger partial charge in [-0.2, -0.15) is 0 Å². The molecule has 13 heavy (non-hydrogen) atoms. The summed E-state index contributed by atoms with van der Waals surface area (Å²) >= 11 is 0.287. The first kappa shape index (κ1) is 8.42. The molecule has 64 valence electrons. The van der Waals surface area contributed by atoms with Crippen molar-refractivity contribution >= 4 is 24.0 Å². The van der Waals surface area contributed by atoms with E-state index in [1.807, 2.05) is 36.7 Å². The molecule has 0 amide bonds. The summed E-state index contributed by atoms with van der Waals surface area (Å²) in [4.78, 5) is 8.34. The molecule has 0 fully saturated rings. The van der Waals surface area contributed by atoms with Crippen LogP contribution in [0.1, 0.15) is 0 Å². The molecule has 3 heteroatoms. The molecule has 0 spiro atoms. The van der Waals surface area contributed by atoms with Crippen molar-refractivity contribution in [3.8, 4) is 0 Å². The van der Waals surface area contributed by atoms with Crippen molar-refractivity contribution in [2.24, 2.45) is 0 Å². The number of hydrogen-bond donors (Lipinski definition) is 0. The Morgan fingerprint density at radius 1 is 1.00 bits per heavy atom. The summed E-state index contributed by atoms with van der Waals surface area (Å²) in [5.41, 5.74) is 0. The van der Waals surface area contributed by atoms with E-state index in [2.05, 4.69) is 16.0 Å². The fourth-order valence-corrected chi connectivity index (χ4v) is 2.53. The molecule has 0 radical (unpaired) electrons. The summed E-state index contributed by atoms with van der Waals surface area (Å²) in [5.74, 6) is 0. The molecule has 0 saturated carbocycles. The van der Waals surface area contributed by atoms with Gasteiger partial charge in [0.15, 0.2) is 0 Å². The van der Waals surface area contributed by atoms with Crippen LogP contribution in [0.4, 0.5) is 0 Å². The zero-order valence-electron chi connectivity index (χ0n) is 6.92. The Kier molecular flexibility index (Phi) is 2.70. The van der Waals surface area contributed by atoms with Gasteiger partial charge in [0.25, 0.3) is 0 Å². The summed E-state index contributed by atoms with van der Waals surface area (Å²) in [6, 6.07) is 10.0. The third kappa shape index (κ3) is 2.38. The van der Waals surface area contributed by atoms with Crippen molar-refractivity contribution in [2.45, 2.75) is 0 Å². The van der Waals surface area contributed by atoms with Crippen LogP contribution in [0.5, 0.6) is 0 Å². The minimum absolute atomic E-state index is 0.287. The summed E-state index contributed by atoms with van der Waals surface area (Å²) in [6.45, 7) is 0. The van der Waals surface area contributed by atoms with E-state index < -0.39 is 0 Å². The van der Waals surface area contributed by atoms with E-state index in [0.29, 0.717) is 0 Å². The Morgan fingerprint density at radius 2 is 2.00 bits per heavy atom. The van der Waals surface area contributed by atoms with E-state index >= 15 is 0 Å². The van der Waals surface area contributed by atoms with Crippen molar-refractivity contribution in [3.63, 3.8) is 0 Å². The molecule has 0 aliphatic carbocycles. The molecule has 0 unspecified atom stereocenters. The molecule has 0 atom stereocenters. The number of pyridine rings is 2. The standard InChI is InChI=1S/C10H8N2Se/c1-2-7-12-10(5-1)13-9-4-3-6-11-8-9/h1-8H. The first-order valence-electron chi connectivity index (χ1n) is 3.94. The van der Waals surface area contributed by atoms with E-state index in [1.165, 1.54) is 4.46 Å². The van der Waals surface area contributed by atoms with Crippen LogP contribution in [0.2, 0.25) is 0 Å². The maximum atomic E-state index is 4.27.